The van der Waals surface area contributed by atoms with E-state index in [4.69, 9.17) is 9.47 Å². The van der Waals surface area contributed by atoms with Crippen LogP contribution in [0.2, 0.25) is 0 Å². The first-order chi connectivity index (χ1) is 11.9. The molecule has 1 heterocycles. The Kier molecular flexibility index (Phi) is 5.67. The van der Waals surface area contributed by atoms with Gasteiger partial charge in [0, 0.05) is 19.6 Å². The number of ether oxygens (including phenoxy) is 2. The van der Waals surface area contributed by atoms with E-state index in [1.54, 1.807) is 0 Å². The molecule has 2 atom stereocenters. The molecule has 1 saturated carbocycles. The highest BCUT2D eigenvalue weighted by Gasteiger charge is 2.35. The second-order valence-electron chi connectivity index (χ2n) is 8.47. The third-order valence-electron chi connectivity index (χ3n) is 5.13. The van der Waals surface area contributed by atoms with Crippen molar-refractivity contribution in [1.82, 2.24) is 4.90 Å². The number of hydrogen-bond donors (Lipinski definition) is 0. The Morgan fingerprint density at radius 2 is 1.76 bits per heavy atom. The first kappa shape index (κ1) is 18.2. The summed E-state index contributed by atoms with van der Waals surface area (Å²) in [5.74, 6) is 2.47. The van der Waals surface area contributed by atoms with Crippen LogP contribution in [0.25, 0.3) is 0 Å². The summed E-state index contributed by atoms with van der Waals surface area (Å²) in [6.07, 6.45) is 4.55. The number of esters is 1. The molecular formula is C21H31NO3. The van der Waals surface area contributed by atoms with Crippen LogP contribution in [0.5, 0.6) is 5.75 Å². The van der Waals surface area contributed by atoms with Crippen molar-refractivity contribution in [1.29, 1.82) is 0 Å². The SMILES string of the molecule is CC(C)(C)OC(=O)CCOc1ccc(CN2CC3CCCC3C2)cc1. The van der Waals surface area contributed by atoms with E-state index in [1.807, 2.05) is 32.9 Å². The van der Waals surface area contributed by atoms with E-state index in [2.05, 4.69) is 17.0 Å². The zero-order valence-corrected chi connectivity index (χ0v) is 15.8. The van der Waals surface area contributed by atoms with Gasteiger partial charge in [-0.25, -0.2) is 0 Å². The van der Waals surface area contributed by atoms with Crippen molar-refractivity contribution in [3.63, 3.8) is 0 Å². The van der Waals surface area contributed by atoms with Gasteiger partial charge in [-0.2, -0.15) is 0 Å². The molecule has 3 rings (SSSR count). The molecule has 1 aliphatic heterocycles. The van der Waals surface area contributed by atoms with Crippen LogP contribution in [0.4, 0.5) is 0 Å². The van der Waals surface area contributed by atoms with E-state index in [-0.39, 0.29) is 12.4 Å². The van der Waals surface area contributed by atoms with Crippen LogP contribution in [0, 0.1) is 11.8 Å². The lowest BCUT2D eigenvalue weighted by molar-refractivity contribution is -0.155. The smallest absolute Gasteiger partial charge is 0.309 e. The monoisotopic (exact) mass is 345 g/mol. The zero-order chi connectivity index (χ0) is 17.9. The van der Waals surface area contributed by atoms with Gasteiger partial charge in [-0.05, 0) is 63.1 Å². The predicted molar refractivity (Wildman–Crippen MR) is 98.5 cm³/mol. The van der Waals surface area contributed by atoms with Crippen LogP contribution in [0.15, 0.2) is 24.3 Å². The summed E-state index contributed by atoms with van der Waals surface area (Å²) >= 11 is 0. The van der Waals surface area contributed by atoms with Gasteiger partial charge in [-0.1, -0.05) is 18.6 Å². The highest BCUT2D eigenvalue weighted by atomic mass is 16.6. The first-order valence-corrected chi connectivity index (χ1v) is 9.55. The highest BCUT2D eigenvalue weighted by Crippen LogP contribution is 2.38. The van der Waals surface area contributed by atoms with Crippen LogP contribution in [0.3, 0.4) is 0 Å². The maximum atomic E-state index is 11.7. The minimum absolute atomic E-state index is 0.219. The predicted octanol–water partition coefficient (Wildman–Crippen LogP) is 4.03. The van der Waals surface area contributed by atoms with Gasteiger partial charge < -0.3 is 9.47 Å². The summed E-state index contributed by atoms with van der Waals surface area (Å²) in [5.41, 5.74) is 0.895. The zero-order valence-electron chi connectivity index (χ0n) is 15.8. The molecule has 1 aromatic carbocycles. The second kappa shape index (κ2) is 7.77. The topological polar surface area (TPSA) is 38.8 Å². The normalized spacial score (nSPS) is 23.5. The minimum Gasteiger partial charge on any atom is -0.493 e. The molecule has 0 bridgehead atoms. The van der Waals surface area contributed by atoms with E-state index in [0.717, 1.165) is 24.1 Å². The number of carbonyl (C=O) groups excluding carboxylic acids is 1. The summed E-state index contributed by atoms with van der Waals surface area (Å²) in [6, 6.07) is 8.27. The Morgan fingerprint density at radius 3 is 2.36 bits per heavy atom. The van der Waals surface area contributed by atoms with Crippen molar-refractivity contribution >= 4 is 5.97 Å². The van der Waals surface area contributed by atoms with Crippen LogP contribution >= 0.6 is 0 Å². The minimum atomic E-state index is -0.438. The fraction of sp³-hybridized carbons (Fsp3) is 0.667. The van der Waals surface area contributed by atoms with Gasteiger partial charge >= 0.3 is 5.97 Å². The Bertz CT molecular complexity index is 564. The molecule has 0 spiro atoms. The standard InChI is InChI=1S/C21H31NO3/c1-21(2,3)25-20(23)11-12-24-19-9-7-16(8-10-19)13-22-14-17-5-4-6-18(17)15-22/h7-10,17-18H,4-6,11-15H2,1-3H3. The molecule has 1 aromatic rings. The van der Waals surface area contributed by atoms with Crippen LogP contribution in [-0.4, -0.2) is 36.2 Å². The summed E-state index contributed by atoms with van der Waals surface area (Å²) in [4.78, 5) is 14.3. The maximum absolute atomic E-state index is 11.7. The summed E-state index contributed by atoms with van der Waals surface area (Å²) in [6.45, 7) is 9.53. The molecule has 0 N–H and O–H groups in total. The molecule has 2 unspecified atom stereocenters. The van der Waals surface area contributed by atoms with Crippen molar-refractivity contribution in [3.05, 3.63) is 29.8 Å². The van der Waals surface area contributed by atoms with E-state index in [0.29, 0.717) is 6.61 Å². The van der Waals surface area contributed by atoms with Crippen molar-refractivity contribution in [3.8, 4) is 5.75 Å². The number of rotatable bonds is 6. The number of nitrogens with zero attached hydrogens (tertiary/aromatic N) is 1. The maximum Gasteiger partial charge on any atom is 0.309 e. The Labute approximate surface area is 151 Å². The van der Waals surface area contributed by atoms with Crippen LogP contribution < -0.4 is 4.74 Å². The lowest BCUT2D eigenvalue weighted by Gasteiger charge is -2.19. The average Bonchev–Trinajstić information content (AvgIpc) is 3.08. The number of likely N-dealkylation sites (tertiary alicyclic amines) is 1. The van der Waals surface area contributed by atoms with Gasteiger partial charge in [-0.3, -0.25) is 9.69 Å². The molecule has 138 valence electrons. The van der Waals surface area contributed by atoms with Gasteiger partial charge in [0.2, 0.25) is 0 Å². The van der Waals surface area contributed by atoms with E-state index < -0.39 is 5.60 Å². The fourth-order valence-corrected chi connectivity index (χ4v) is 4.06. The Morgan fingerprint density at radius 1 is 1.12 bits per heavy atom. The molecule has 1 aliphatic carbocycles. The number of hydrogen-bond acceptors (Lipinski definition) is 4. The van der Waals surface area contributed by atoms with Crippen molar-refractivity contribution in [2.24, 2.45) is 11.8 Å². The molecule has 2 aliphatic rings. The lowest BCUT2D eigenvalue weighted by atomic mass is 10.0. The van der Waals surface area contributed by atoms with Crippen molar-refractivity contribution < 1.29 is 14.3 Å². The van der Waals surface area contributed by atoms with E-state index in [1.165, 1.54) is 37.9 Å². The van der Waals surface area contributed by atoms with Crippen LogP contribution in [0.1, 0.15) is 52.0 Å². The third-order valence-corrected chi connectivity index (χ3v) is 5.13. The molecule has 25 heavy (non-hydrogen) atoms. The van der Waals surface area contributed by atoms with Crippen molar-refractivity contribution in [2.75, 3.05) is 19.7 Å². The summed E-state index contributed by atoms with van der Waals surface area (Å²) in [5, 5.41) is 0. The van der Waals surface area contributed by atoms with Gasteiger partial charge in [-0.15, -0.1) is 0 Å². The van der Waals surface area contributed by atoms with E-state index >= 15 is 0 Å². The van der Waals surface area contributed by atoms with Gasteiger partial charge in [0.15, 0.2) is 0 Å². The fourth-order valence-electron chi connectivity index (χ4n) is 4.06. The molecular weight excluding hydrogens is 314 g/mol. The lowest BCUT2D eigenvalue weighted by Crippen LogP contribution is -2.24. The van der Waals surface area contributed by atoms with Crippen molar-refractivity contribution in [2.45, 2.75) is 58.6 Å². The number of carbonyl (C=O) groups is 1. The Hall–Kier alpha value is -1.55. The molecule has 4 heteroatoms. The van der Waals surface area contributed by atoms with Gasteiger partial charge in [0.05, 0.1) is 13.0 Å². The third kappa shape index (κ3) is 5.46. The molecule has 0 amide bonds. The molecule has 2 fully saturated rings. The second-order valence-corrected chi connectivity index (χ2v) is 8.47. The molecule has 4 nitrogen and oxygen atoms in total. The molecule has 0 radical (unpaired) electrons. The Balaban J connectivity index is 1.39. The summed E-state index contributed by atoms with van der Waals surface area (Å²) < 4.78 is 10.9. The molecule has 0 aromatic heterocycles. The average molecular weight is 345 g/mol. The van der Waals surface area contributed by atoms with Gasteiger partial charge in [0.1, 0.15) is 11.4 Å². The summed E-state index contributed by atoms with van der Waals surface area (Å²) in [7, 11) is 0. The number of fused-ring (bicyclic) bond motifs is 1. The highest BCUT2D eigenvalue weighted by molar-refractivity contribution is 5.69. The van der Waals surface area contributed by atoms with Gasteiger partial charge in [0.25, 0.3) is 0 Å². The molecule has 1 saturated heterocycles. The number of benzene rings is 1. The van der Waals surface area contributed by atoms with E-state index in [9.17, 15) is 4.79 Å². The quantitative estimate of drug-likeness (QED) is 0.730. The largest absolute Gasteiger partial charge is 0.493 e. The first-order valence-electron chi connectivity index (χ1n) is 9.55. The van der Waals surface area contributed by atoms with Crippen LogP contribution in [-0.2, 0) is 16.1 Å².